The van der Waals surface area contributed by atoms with E-state index in [-0.39, 0.29) is 5.91 Å². The molecule has 0 fully saturated rings. The molecule has 0 bridgehead atoms. The second-order valence-electron chi connectivity index (χ2n) is 3.98. The number of nitrogens with one attached hydrogen (secondary N) is 1. The van der Waals surface area contributed by atoms with E-state index in [4.69, 9.17) is 4.42 Å². The zero-order valence-electron chi connectivity index (χ0n) is 10.2. The van der Waals surface area contributed by atoms with Gasteiger partial charge in [-0.05, 0) is 48.1 Å². The molecule has 2 aromatic rings. The van der Waals surface area contributed by atoms with Crippen LogP contribution < -0.4 is 5.32 Å². The number of aryl methyl sites for hydroxylation is 2. The van der Waals surface area contributed by atoms with E-state index < -0.39 is 0 Å². The smallest absolute Gasteiger partial charge is 0.252 e. The summed E-state index contributed by atoms with van der Waals surface area (Å²) >= 11 is 2.18. The van der Waals surface area contributed by atoms with E-state index >= 15 is 0 Å². The number of amides is 1. The molecule has 0 atom stereocenters. The standard InChI is InChI=1S/C13H13IN2O2/c1-8-4-3-5-10(12(8)14)13(17)16-7-11-15-6-9(2)18-11/h3-6H,7H2,1-2H3,(H,16,17). The fourth-order valence-corrected chi connectivity index (χ4v) is 2.16. The van der Waals surface area contributed by atoms with Gasteiger partial charge in [0.25, 0.3) is 5.91 Å². The molecule has 0 saturated heterocycles. The normalized spacial score (nSPS) is 10.4. The van der Waals surface area contributed by atoms with Gasteiger partial charge < -0.3 is 9.73 Å². The van der Waals surface area contributed by atoms with Crippen LogP contribution in [0.1, 0.15) is 27.6 Å². The first-order valence-corrected chi connectivity index (χ1v) is 6.60. The van der Waals surface area contributed by atoms with Crippen molar-refractivity contribution in [1.82, 2.24) is 10.3 Å². The van der Waals surface area contributed by atoms with Gasteiger partial charge in [-0.15, -0.1) is 0 Å². The van der Waals surface area contributed by atoms with Crippen molar-refractivity contribution in [3.63, 3.8) is 0 Å². The van der Waals surface area contributed by atoms with E-state index in [0.29, 0.717) is 18.0 Å². The first-order chi connectivity index (χ1) is 8.58. The van der Waals surface area contributed by atoms with Gasteiger partial charge in [-0.3, -0.25) is 4.79 Å². The molecule has 0 aliphatic rings. The predicted octanol–water partition coefficient (Wildman–Crippen LogP) is 2.83. The first kappa shape index (κ1) is 13.1. The predicted molar refractivity (Wildman–Crippen MR) is 76.3 cm³/mol. The van der Waals surface area contributed by atoms with Gasteiger partial charge in [-0.1, -0.05) is 12.1 Å². The maximum Gasteiger partial charge on any atom is 0.252 e. The number of halogens is 1. The molecule has 5 heteroatoms. The molecule has 4 nitrogen and oxygen atoms in total. The quantitative estimate of drug-likeness (QED) is 0.861. The lowest BCUT2D eigenvalue weighted by molar-refractivity contribution is 0.0946. The molecule has 0 aliphatic carbocycles. The summed E-state index contributed by atoms with van der Waals surface area (Å²) in [7, 11) is 0. The number of nitrogens with zero attached hydrogens (tertiary/aromatic N) is 1. The third-order valence-corrected chi connectivity index (χ3v) is 3.94. The van der Waals surface area contributed by atoms with E-state index in [1.165, 1.54) is 0 Å². The van der Waals surface area contributed by atoms with E-state index in [0.717, 1.165) is 14.9 Å². The van der Waals surface area contributed by atoms with Crippen molar-refractivity contribution < 1.29 is 9.21 Å². The van der Waals surface area contributed by atoms with Gasteiger partial charge in [0, 0.05) is 3.57 Å². The highest BCUT2D eigenvalue weighted by Gasteiger charge is 2.11. The van der Waals surface area contributed by atoms with Crippen LogP contribution in [0.2, 0.25) is 0 Å². The Kier molecular flexibility index (Phi) is 4.00. The second-order valence-corrected chi connectivity index (χ2v) is 5.06. The van der Waals surface area contributed by atoms with Crippen LogP contribution in [0.3, 0.4) is 0 Å². The fourth-order valence-electron chi connectivity index (χ4n) is 1.56. The fraction of sp³-hybridized carbons (Fsp3) is 0.231. The number of oxazole rings is 1. The van der Waals surface area contributed by atoms with Crippen molar-refractivity contribution in [3.8, 4) is 0 Å². The van der Waals surface area contributed by atoms with Crippen molar-refractivity contribution >= 4 is 28.5 Å². The molecule has 0 unspecified atom stereocenters. The van der Waals surface area contributed by atoms with Crippen LogP contribution in [0.4, 0.5) is 0 Å². The van der Waals surface area contributed by atoms with Gasteiger partial charge in [0.2, 0.25) is 5.89 Å². The van der Waals surface area contributed by atoms with Gasteiger partial charge in [-0.25, -0.2) is 4.98 Å². The Hall–Kier alpha value is -1.37. The lowest BCUT2D eigenvalue weighted by Gasteiger charge is -2.07. The van der Waals surface area contributed by atoms with Gasteiger partial charge in [-0.2, -0.15) is 0 Å². The molecule has 1 N–H and O–H groups in total. The average Bonchev–Trinajstić information content (AvgIpc) is 2.76. The molecule has 1 amide bonds. The minimum Gasteiger partial charge on any atom is -0.444 e. The summed E-state index contributed by atoms with van der Waals surface area (Å²) in [6, 6.07) is 5.67. The number of rotatable bonds is 3. The topological polar surface area (TPSA) is 55.1 Å². The van der Waals surface area contributed by atoms with Crippen molar-refractivity contribution in [2.75, 3.05) is 0 Å². The molecule has 1 aromatic heterocycles. The number of hydrogen-bond donors (Lipinski definition) is 1. The summed E-state index contributed by atoms with van der Waals surface area (Å²) in [5.41, 5.74) is 1.77. The minimum atomic E-state index is -0.112. The summed E-state index contributed by atoms with van der Waals surface area (Å²) in [5.74, 6) is 1.15. The molecular formula is C13H13IN2O2. The number of carbonyl (C=O) groups is 1. The van der Waals surface area contributed by atoms with E-state index in [1.54, 1.807) is 6.20 Å². The molecule has 1 aromatic carbocycles. The molecule has 0 saturated carbocycles. The molecule has 94 valence electrons. The highest BCUT2D eigenvalue weighted by molar-refractivity contribution is 14.1. The Balaban J connectivity index is 2.06. The monoisotopic (exact) mass is 356 g/mol. The van der Waals surface area contributed by atoms with E-state index in [1.807, 2.05) is 32.0 Å². The molecule has 0 spiro atoms. The maximum atomic E-state index is 12.0. The average molecular weight is 356 g/mol. The molecule has 2 rings (SSSR count). The summed E-state index contributed by atoms with van der Waals surface area (Å²) in [5, 5.41) is 2.80. The Morgan fingerprint density at radius 1 is 1.44 bits per heavy atom. The second kappa shape index (κ2) is 5.51. The number of benzene rings is 1. The Morgan fingerprint density at radius 2 is 2.22 bits per heavy atom. The molecule has 1 heterocycles. The van der Waals surface area contributed by atoms with Crippen LogP contribution in [0, 0.1) is 17.4 Å². The summed E-state index contributed by atoms with van der Waals surface area (Å²) < 4.78 is 6.26. The van der Waals surface area contributed by atoms with E-state index in [9.17, 15) is 4.79 Å². The third-order valence-electron chi connectivity index (χ3n) is 2.51. The summed E-state index contributed by atoms with van der Waals surface area (Å²) in [4.78, 5) is 16.1. The third kappa shape index (κ3) is 2.90. The van der Waals surface area contributed by atoms with Crippen LogP contribution in [0.15, 0.2) is 28.8 Å². The lowest BCUT2D eigenvalue weighted by atomic mass is 10.1. The SMILES string of the molecule is Cc1cnc(CNC(=O)c2cccc(C)c2I)o1. The van der Waals surface area contributed by atoms with Crippen LogP contribution in [0.25, 0.3) is 0 Å². The van der Waals surface area contributed by atoms with Crippen molar-refractivity contribution in [2.45, 2.75) is 20.4 Å². The number of aromatic nitrogens is 1. The summed E-state index contributed by atoms with van der Waals surface area (Å²) in [6.07, 6.45) is 1.64. The molecular weight excluding hydrogens is 343 g/mol. The number of hydrogen-bond acceptors (Lipinski definition) is 3. The van der Waals surface area contributed by atoms with Crippen LogP contribution >= 0.6 is 22.6 Å². The zero-order valence-corrected chi connectivity index (χ0v) is 12.3. The van der Waals surface area contributed by atoms with Crippen LogP contribution in [0.5, 0.6) is 0 Å². The minimum absolute atomic E-state index is 0.112. The summed E-state index contributed by atoms with van der Waals surface area (Å²) in [6.45, 7) is 4.11. The van der Waals surface area contributed by atoms with E-state index in [2.05, 4.69) is 32.9 Å². The lowest BCUT2D eigenvalue weighted by Crippen LogP contribution is -2.24. The largest absolute Gasteiger partial charge is 0.444 e. The Bertz CT molecular complexity index is 578. The van der Waals surface area contributed by atoms with Gasteiger partial charge in [0.05, 0.1) is 18.3 Å². The Labute approximate surface area is 119 Å². The van der Waals surface area contributed by atoms with Gasteiger partial charge >= 0.3 is 0 Å². The number of carbonyl (C=O) groups excluding carboxylic acids is 1. The zero-order chi connectivity index (χ0) is 13.1. The highest BCUT2D eigenvalue weighted by Crippen LogP contribution is 2.16. The highest BCUT2D eigenvalue weighted by atomic mass is 127. The molecule has 0 aliphatic heterocycles. The van der Waals surface area contributed by atoms with Gasteiger partial charge in [0.15, 0.2) is 0 Å². The van der Waals surface area contributed by atoms with Crippen LogP contribution in [-0.4, -0.2) is 10.9 Å². The van der Waals surface area contributed by atoms with Gasteiger partial charge in [0.1, 0.15) is 5.76 Å². The van der Waals surface area contributed by atoms with Crippen LogP contribution in [-0.2, 0) is 6.54 Å². The molecule has 18 heavy (non-hydrogen) atoms. The first-order valence-electron chi connectivity index (χ1n) is 5.52. The van der Waals surface area contributed by atoms with Crippen molar-refractivity contribution in [3.05, 3.63) is 50.7 Å². The molecule has 0 radical (unpaired) electrons. The Morgan fingerprint density at radius 3 is 2.89 bits per heavy atom. The van der Waals surface area contributed by atoms with Crippen molar-refractivity contribution in [1.29, 1.82) is 0 Å². The van der Waals surface area contributed by atoms with Crippen molar-refractivity contribution in [2.24, 2.45) is 0 Å². The maximum absolute atomic E-state index is 12.0.